The third-order valence-corrected chi connectivity index (χ3v) is 5.49. The lowest BCUT2D eigenvalue weighted by Gasteiger charge is -2.23. The fraction of sp³-hybridized carbons (Fsp3) is 0.476. The normalized spacial score (nSPS) is 14.6. The number of anilines is 1. The number of hydrogen-bond donors (Lipinski definition) is 1. The van der Waals surface area contributed by atoms with Gasteiger partial charge in [0, 0.05) is 37.3 Å². The van der Waals surface area contributed by atoms with Gasteiger partial charge in [-0.25, -0.2) is 4.39 Å². The van der Waals surface area contributed by atoms with Crippen molar-refractivity contribution in [2.24, 2.45) is 13.0 Å². The van der Waals surface area contributed by atoms with E-state index < -0.39 is 47.0 Å². The van der Waals surface area contributed by atoms with Gasteiger partial charge >= 0.3 is 18.3 Å². The number of amides is 2. The van der Waals surface area contributed by atoms with Crippen molar-refractivity contribution >= 4 is 17.5 Å². The zero-order valence-electron chi connectivity index (χ0n) is 18.7. The van der Waals surface area contributed by atoms with E-state index >= 15 is 0 Å². The number of nitrogens with zero attached hydrogens (tertiary/aromatic N) is 3. The number of nitrogens with one attached hydrogen (secondary N) is 1. The molecule has 1 N–H and O–H groups in total. The zero-order chi connectivity index (χ0) is 27.2. The van der Waals surface area contributed by atoms with Crippen molar-refractivity contribution in [3.63, 3.8) is 0 Å². The van der Waals surface area contributed by atoms with Gasteiger partial charge in [0.1, 0.15) is 17.1 Å². The van der Waals surface area contributed by atoms with Gasteiger partial charge in [0.2, 0.25) is 5.91 Å². The molecule has 1 heterocycles. The van der Waals surface area contributed by atoms with Crippen LogP contribution in [0, 0.1) is 11.7 Å². The van der Waals surface area contributed by atoms with Gasteiger partial charge in [-0.3, -0.25) is 14.3 Å². The summed E-state index contributed by atoms with van der Waals surface area (Å²) in [6.07, 6.45) is -10.9. The molecule has 2 aromatic rings. The molecule has 1 aliphatic rings. The fourth-order valence-corrected chi connectivity index (χ4v) is 3.50. The molecule has 6 nitrogen and oxygen atoms in total. The molecule has 198 valence electrons. The topological polar surface area (TPSA) is 67.2 Å². The minimum absolute atomic E-state index is 0.00307. The molecular weight excluding hydrogens is 511 g/mol. The summed E-state index contributed by atoms with van der Waals surface area (Å²) in [7, 11) is 0.621. The molecule has 1 aromatic heterocycles. The van der Waals surface area contributed by atoms with E-state index in [-0.39, 0.29) is 40.8 Å². The molecule has 15 heteroatoms. The summed E-state index contributed by atoms with van der Waals surface area (Å²) >= 11 is 0. The largest absolute Gasteiger partial charge is 0.459 e. The van der Waals surface area contributed by atoms with Crippen LogP contribution in [0.4, 0.5) is 45.2 Å². The minimum atomic E-state index is -6.41. The van der Waals surface area contributed by atoms with Crippen LogP contribution in [-0.4, -0.2) is 34.3 Å². The lowest BCUT2D eigenvalue weighted by atomic mass is 10.1. The maximum Gasteiger partial charge on any atom is 0.459 e. The highest BCUT2D eigenvalue weighted by atomic mass is 19.4. The summed E-state index contributed by atoms with van der Waals surface area (Å²) in [4.78, 5) is 25.5. The SMILES string of the molecule is CCN(C(=O)c1c(C(F)(F)F)c(C(F)(F)C(F)(F)F)nn1C)c1ccc(F)c(CNC(=O)C2CC2)c1. The van der Waals surface area contributed by atoms with Crippen molar-refractivity contribution in [1.29, 1.82) is 0 Å². The van der Waals surface area contributed by atoms with Gasteiger partial charge in [-0.1, -0.05) is 0 Å². The summed E-state index contributed by atoms with van der Waals surface area (Å²) in [5.41, 5.74) is -7.06. The molecule has 0 spiro atoms. The minimum Gasteiger partial charge on any atom is -0.352 e. The molecule has 36 heavy (non-hydrogen) atoms. The average molecular weight is 530 g/mol. The molecule has 1 fully saturated rings. The van der Waals surface area contributed by atoms with E-state index in [1.807, 2.05) is 0 Å². The highest BCUT2D eigenvalue weighted by Gasteiger charge is 2.64. The fourth-order valence-electron chi connectivity index (χ4n) is 3.50. The summed E-state index contributed by atoms with van der Waals surface area (Å²) in [5, 5.41) is 5.21. The number of carbonyl (C=O) groups excluding carboxylic acids is 2. The number of aryl methyl sites for hydroxylation is 1. The van der Waals surface area contributed by atoms with Crippen LogP contribution in [-0.2, 0) is 30.5 Å². The van der Waals surface area contributed by atoms with Crippen molar-refractivity contribution in [2.75, 3.05) is 11.4 Å². The van der Waals surface area contributed by atoms with Crippen molar-refractivity contribution in [3.05, 3.63) is 46.5 Å². The van der Waals surface area contributed by atoms with E-state index in [2.05, 4.69) is 10.4 Å². The molecule has 0 radical (unpaired) electrons. The Labute approximate surface area is 198 Å². The molecule has 1 aliphatic carbocycles. The Balaban J connectivity index is 2.04. The predicted molar refractivity (Wildman–Crippen MR) is 106 cm³/mol. The highest BCUT2D eigenvalue weighted by molar-refractivity contribution is 6.06. The molecule has 1 saturated carbocycles. The van der Waals surface area contributed by atoms with Gasteiger partial charge in [0.15, 0.2) is 5.69 Å². The van der Waals surface area contributed by atoms with Gasteiger partial charge < -0.3 is 10.2 Å². The second-order valence-corrected chi connectivity index (χ2v) is 8.08. The first-order valence-corrected chi connectivity index (χ1v) is 10.5. The predicted octanol–water partition coefficient (Wildman–Crippen LogP) is 4.93. The summed E-state index contributed by atoms with van der Waals surface area (Å²) in [6, 6.07) is 2.94. The molecule has 0 bridgehead atoms. The maximum absolute atomic E-state index is 14.3. The van der Waals surface area contributed by atoms with Gasteiger partial charge in [-0.15, -0.1) is 0 Å². The Morgan fingerprint density at radius 2 is 1.72 bits per heavy atom. The number of rotatable bonds is 7. The van der Waals surface area contributed by atoms with Gasteiger partial charge in [-0.05, 0) is 38.0 Å². The summed E-state index contributed by atoms with van der Waals surface area (Å²) in [6.45, 7) is 0.624. The Morgan fingerprint density at radius 1 is 1.11 bits per heavy atom. The quantitative estimate of drug-likeness (QED) is 0.517. The molecule has 0 aliphatic heterocycles. The van der Waals surface area contributed by atoms with Crippen LogP contribution in [0.25, 0.3) is 0 Å². The number of halogens is 9. The first-order valence-electron chi connectivity index (χ1n) is 10.5. The van der Waals surface area contributed by atoms with Crippen molar-refractivity contribution in [3.8, 4) is 0 Å². The smallest absolute Gasteiger partial charge is 0.352 e. The van der Waals surface area contributed by atoms with Crippen LogP contribution < -0.4 is 10.2 Å². The molecule has 3 rings (SSSR count). The number of hydrogen-bond acceptors (Lipinski definition) is 3. The van der Waals surface area contributed by atoms with E-state index in [4.69, 9.17) is 0 Å². The molecule has 0 atom stereocenters. The van der Waals surface area contributed by atoms with Crippen LogP contribution in [0.15, 0.2) is 18.2 Å². The third-order valence-electron chi connectivity index (χ3n) is 5.49. The second kappa shape index (κ2) is 9.32. The summed E-state index contributed by atoms with van der Waals surface area (Å²) in [5.74, 6) is -8.93. The summed E-state index contributed by atoms with van der Waals surface area (Å²) < 4.78 is 122. The zero-order valence-corrected chi connectivity index (χ0v) is 18.7. The maximum atomic E-state index is 14.3. The number of benzene rings is 1. The van der Waals surface area contributed by atoms with Crippen LogP contribution in [0.5, 0.6) is 0 Å². The van der Waals surface area contributed by atoms with E-state index in [9.17, 15) is 49.1 Å². The Hall–Kier alpha value is -3.26. The van der Waals surface area contributed by atoms with E-state index in [1.165, 1.54) is 6.92 Å². The molecule has 1 aromatic carbocycles. The Kier molecular flexibility index (Phi) is 7.07. The molecular formula is C21H19F9N4O2. The Morgan fingerprint density at radius 3 is 2.22 bits per heavy atom. The molecule has 2 amide bonds. The first kappa shape index (κ1) is 27.3. The third kappa shape index (κ3) is 5.14. The molecule has 0 unspecified atom stereocenters. The van der Waals surface area contributed by atoms with Gasteiger partial charge in [0.25, 0.3) is 5.91 Å². The van der Waals surface area contributed by atoms with Gasteiger partial charge in [-0.2, -0.15) is 40.2 Å². The number of alkyl halides is 8. The van der Waals surface area contributed by atoms with Crippen molar-refractivity contribution in [2.45, 2.75) is 44.6 Å². The van der Waals surface area contributed by atoms with Crippen LogP contribution in [0.1, 0.15) is 47.1 Å². The highest BCUT2D eigenvalue weighted by Crippen LogP contribution is 2.48. The van der Waals surface area contributed by atoms with Gasteiger partial charge in [0.05, 0.1) is 0 Å². The van der Waals surface area contributed by atoms with Crippen LogP contribution in [0.2, 0.25) is 0 Å². The monoisotopic (exact) mass is 530 g/mol. The Bertz CT molecular complexity index is 1170. The van der Waals surface area contributed by atoms with E-state index in [1.54, 1.807) is 0 Å². The number of carbonyl (C=O) groups is 2. The lowest BCUT2D eigenvalue weighted by molar-refractivity contribution is -0.292. The first-order chi connectivity index (χ1) is 16.5. The van der Waals surface area contributed by atoms with Crippen molar-refractivity contribution < 1.29 is 49.1 Å². The van der Waals surface area contributed by atoms with Crippen LogP contribution >= 0.6 is 0 Å². The van der Waals surface area contributed by atoms with E-state index in [0.717, 1.165) is 18.2 Å². The van der Waals surface area contributed by atoms with Crippen molar-refractivity contribution in [1.82, 2.24) is 15.1 Å². The second-order valence-electron chi connectivity index (χ2n) is 8.08. The van der Waals surface area contributed by atoms with E-state index in [0.29, 0.717) is 24.8 Å². The molecule has 0 saturated heterocycles. The lowest BCUT2D eigenvalue weighted by Crippen LogP contribution is -2.37. The average Bonchev–Trinajstić information content (AvgIpc) is 3.54. The number of aromatic nitrogens is 2. The van der Waals surface area contributed by atoms with Crippen LogP contribution in [0.3, 0.4) is 0 Å². The standard InChI is InChI=1S/C21H19F9N4O2/c1-3-34(12-6-7-13(22)11(8-12)9-31-17(35)10-4-5-10)18(36)15-14(20(25,26)27)16(32-33(15)2)19(23,24)21(28,29)30/h6-8,10H,3-5,9H2,1-2H3,(H,31,35).